The second-order valence-corrected chi connectivity index (χ2v) is 18.9. The number of rotatable bonds is 10. The Morgan fingerprint density at radius 3 is 2.66 bits per heavy atom. The standard InChI is InChI=1S/C23H35F3N6O4SSi/c1-38(2,3)12-11-36-15-31-10-8-18-21(31)27-13-19(29-18)30-22(33)28-17-5-4-9-32(14-17)37(34,35)20(16-6-7-16)23(24,25)26/h8,10,13,16-17,20H,4-7,9,11-12,14-15H2,1-3H3,(H2,28,29,30,33)/t17-,20?/m0/s1. The van der Waals surface area contributed by atoms with E-state index in [1.165, 1.54) is 6.20 Å². The van der Waals surface area contributed by atoms with Crippen LogP contribution in [0.5, 0.6) is 0 Å². The van der Waals surface area contributed by atoms with Gasteiger partial charge >= 0.3 is 12.2 Å². The fraction of sp³-hybridized carbons (Fsp3) is 0.696. The highest BCUT2D eigenvalue weighted by Crippen LogP contribution is 2.45. The van der Waals surface area contributed by atoms with E-state index in [1.807, 2.05) is 4.57 Å². The monoisotopic (exact) mass is 576 g/mol. The van der Waals surface area contributed by atoms with E-state index in [4.69, 9.17) is 4.74 Å². The summed E-state index contributed by atoms with van der Waals surface area (Å²) in [5, 5.41) is 2.86. The fourth-order valence-electron chi connectivity index (χ4n) is 4.54. The van der Waals surface area contributed by atoms with E-state index in [9.17, 15) is 26.4 Å². The second-order valence-electron chi connectivity index (χ2n) is 11.2. The normalized spacial score (nSPS) is 20.4. The van der Waals surface area contributed by atoms with Crippen LogP contribution in [0.25, 0.3) is 11.2 Å². The van der Waals surface area contributed by atoms with E-state index < -0.39 is 47.5 Å². The summed E-state index contributed by atoms with van der Waals surface area (Å²) < 4.78 is 74.8. The summed E-state index contributed by atoms with van der Waals surface area (Å²) >= 11 is 0. The lowest BCUT2D eigenvalue weighted by Gasteiger charge is -2.35. The number of halogens is 3. The van der Waals surface area contributed by atoms with Gasteiger partial charge in [0.2, 0.25) is 10.0 Å². The predicted octanol–water partition coefficient (Wildman–Crippen LogP) is 4.00. The number of fused-ring (bicyclic) bond motifs is 1. The third-order valence-corrected chi connectivity index (χ3v) is 10.8. The molecule has 2 atom stereocenters. The Morgan fingerprint density at radius 1 is 1.26 bits per heavy atom. The molecule has 212 valence electrons. The van der Waals surface area contributed by atoms with Gasteiger partial charge in [-0.3, -0.25) is 5.32 Å². The minimum absolute atomic E-state index is 0.00240. The number of amides is 2. The molecule has 2 amide bonds. The molecule has 0 radical (unpaired) electrons. The number of nitrogens with zero attached hydrogens (tertiary/aromatic N) is 4. The third-order valence-electron chi connectivity index (χ3n) is 6.70. The first-order valence-corrected chi connectivity index (χ1v) is 18.0. The van der Waals surface area contributed by atoms with Gasteiger partial charge in [0.25, 0.3) is 0 Å². The number of carbonyl (C=O) groups is 1. The number of sulfonamides is 1. The Balaban J connectivity index is 1.32. The van der Waals surface area contributed by atoms with E-state index in [0.717, 1.165) is 10.3 Å². The number of ether oxygens (including phenoxy) is 1. The number of carbonyl (C=O) groups excluding carboxylic acids is 1. The Kier molecular flexibility index (Phi) is 8.40. The molecule has 0 aromatic carbocycles. The molecule has 4 rings (SSSR count). The zero-order valence-corrected chi connectivity index (χ0v) is 23.6. The highest BCUT2D eigenvalue weighted by molar-refractivity contribution is 7.89. The van der Waals surface area contributed by atoms with Crippen LogP contribution in [0.4, 0.5) is 23.8 Å². The molecule has 1 saturated carbocycles. The van der Waals surface area contributed by atoms with Gasteiger partial charge in [0.05, 0.1) is 6.20 Å². The zero-order chi connectivity index (χ0) is 27.7. The predicted molar refractivity (Wildman–Crippen MR) is 140 cm³/mol. The molecule has 2 aliphatic rings. The van der Waals surface area contributed by atoms with Crippen molar-refractivity contribution < 1.29 is 31.1 Å². The van der Waals surface area contributed by atoms with Gasteiger partial charge < -0.3 is 14.6 Å². The van der Waals surface area contributed by atoms with Crippen LogP contribution in [0.15, 0.2) is 18.5 Å². The van der Waals surface area contributed by atoms with Crippen LogP contribution in [-0.4, -0.2) is 78.5 Å². The summed E-state index contributed by atoms with van der Waals surface area (Å²) in [5.74, 6) is -0.699. The van der Waals surface area contributed by atoms with Crippen LogP contribution in [0.3, 0.4) is 0 Å². The lowest BCUT2D eigenvalue weighted by Crippen LogP contribution is -2.55. The molecule has 15 heteroatoms. The molecular formula is C23H35F3N6O4SSi. The number of nitrogens with one attached hydrogen (secondary N) is 2. The van der Waals surface area contributed by atoms with Crippen molar-refractivity contribution >= 4 is 41.1 Å². The van der Waals surface area contributed by atoms with Crippen molar-refractivity contribution in [3.8, 4) is 0 Å². The third kappa shape index (κ3) is 7.24. The summed E-state index contributed by atoms with van der Waals surface area (Å²) in [6, 6.07) is 1.55. The average molecular weight is 577 g/mol. The quantitative estimate of drug-likeness (QED) is 0.326. The maximum atomic E-state index is 13.5. The summed E-state index contributed by atoms with van der Waals surface area (Å²) in [4.78, 5) is 21.3. The van der Waals surface area contributed by atoms with E-state index in [0.29, 0.717) is 37.3 Å². The SMILES string of the molecule is C[Si](C)(C)CCOCn1ccc2nc(NC(=O)N[C@H]3CCCN(S(=O)(=O)C(C4CC4)C(F)(F)F)C3)cnc21. The molecule has 2 aromatic rings. The van der Waals surface area contributed by atoms with Crippen molar-refractivity contribution in [2.75, 3.05) is 25.0 Å². The van der Waals surface area contributed by atoms with Crippen molar-refractivity contribution in [2.24, 2.45) is 5.92 Å². The minimum atomic E-state index is -4.83. The van der Waals surface area contributed by atoms with Crippen LogP contribution < -0.4 is 10.6 Å². The number of piperidine rings is 1. The topological polar surface area (TPSA) is 118 Å². The molecule has 1 aliphatic carbocycles. The van der Waals surface area contributed by atoms with Crippen molar-refractivity contribution in [2.45, 2.75) is 75.6 Å². The molecule has 1 saturated heterocycles. The van der Waals surface area contributed by atoms with Crippen molar-refractivity contribution in [3.63, 3.8) is 0 Å². The van der Waals surface area contributed by atoms with E-state index in [2.05, 4.69) is 40.2 Å². The van der Waals surface area contributed by atoms with Crippen LogP contribution >= 0.6 is 0 Å². The van der Waals surface area contributed by atoms with Crippen molar-refractivity contribution in [1.29, 1.82) is 0 Å². The van der Waals surface area contributed by atoms with E-state index in [-0.39, 0.29) is 31.7 Å². The summed E-state index contributed by atoms with van der Waals surface area (Å²) in [7, 11) is -5.77. The Labute approximate surface area is 221 Å². The first kappa shape index (κ1) is 28.8. The van der Waals surface area contributed by atoms with Gasteiger partial charge in [0.1, 0.15) is 12.2 Å². The Morgan fingerprint density at radius 2 is 2.00 bits per heavy atom. The fourth-order valence-corrected chi connectivity index (χ4v) is 7.48. The molecule has 38 heavy (non-hydrogen) atoms. The van der Waals surface area contributed by atoms with Gasteiger partial charge in [-0.15, -0.1) is 0 Å². The lowest BCUT2D eigenvalue weighted by molar-refractivity contribution is -0.134. The summed E-state index contributed by atoms with van der Waals surface area (Å²) in [6.07, 6.45) is -0.321. The molecule has 10 nitrogen and oxygen atoms in total. The smallest absolute Gasteiger partial charge is 0.361 e. The highest BCUT2D eigenvalue weighted by atomic mass is 32.2. The average Bonchev–Trinajstić information content (AvgIpc) is 3.53. The number of anilines is 1. The molecular weight excluding hydrogens is 541 g/mol. The highest BCUT2D eigenvalue weighted by Gasteiger charge is 2.58. The first-order valence-electron chi connectivity index (χ1n) is 12.8. The van der Waals surface area contributed by atoms with Crippen molar-refractivity contribution in [3.05, 3.63) is 18.5 Å². The van der Waals surface area contributed by atoms with Gasteiger partial charge in [0, 0.05) is 40.0 Å². The molecule has 0 bridgehead atoms. The summed E-state index contributed by atoms with van der Waals surface area (Å²) in [5.41, 5.74) is 1.16. The van der Waals surface area contributed by atoms with E-state index in [1.54, 1.807) is 12.3 Å². The Hall–Kier alpha value is -2.23. The largest absolute Gasteiger partial charge is 0.407 e. The molecule has 2 fully saturated rings. The Bertz CT molecular complexity index is 1250. The number of alkyl halides is 3. The van der Waals surface area contributed by atoms with Gasteiger partial charge in [-0.1, -0.05) is 19.6 Å². The van der Waals surface area contributed by atoms with E-state index >= 15 is 0 Å². The van der Waals surface area contributed by atoms with Gasteiger partial charge in [0.15, 0.2) is 16.7 Å². The zero-order valence-electron chi connectivity index (χ0n) is 21.8. The minimum Gasteiger partial charge on any atom is -0.361 e. The maximum absolute atomic E-state index is 13.5. The molecule has 2 N–H and O–H groups in total. The number of aromatic nitrogens is 3. The maximum Gasteiger partial charge on any atom is 0.407 e. The van der Waals surface area contributed by atoms with Gasteiger partial charge in [-0.25, -0.2) is 23.2 Å². The van der Waals surface area contributed by atoms with Crippen LogP contribution in [0, 0.1) is 5.92 Å². The molecule has 3 heterocycles. The first-order chi connectivity index (χ1) is 17.7. The number of hydrogen-bond acceptors (Lipinski definition) is 6. The molecule has 1 unspecified atom stereocenters. The van der Waals surface area contributed by atoms with Gasteiger partial charge in [-0.2, -0.15) is 17.5 Å². The van der Waals surface area contributed by atoms with Crippen molar-refractivity contribution in [1.82, 2.24) is 24.2 Å². The van der Waals surface area contributed by atoms with Gasteiger partial charge in [-0.05, 0) is 43.7 Å². The van der Waals surface area contributed by atoms with Crippen LogP contribution in [0.2, 0.25) is 25.7 Å². The second kappa shape index (κ2) is 11.1. The molecule has 0 spiro atoms. The molecule has 1 aliphatic heterocycles. The van der Waals surface area contributed by atoms with Crippen LogP contribution in [0.1, 0.15) is 25.7 Å². The summed E-state index contributed by atoms with van der Waals surface area (Å²) in [6.45, 7) is 7.64. The molecule has 2 aromatic heterocycles. The number of urea groups is 1. The lowest BCUT2D eigenvalue weighted by atomic mass is 10.1. The number of hydrogen-bond donors (Lipinski definition) is 2. The van der Waals surface area contributed by atoms with Crippen LogP contribution in [-0.2, 0) is 21.5 Å².